The highest BCUT2D eigenvalue weighted by Gasteiger charge is 2.36. The maximum atomic E-state index is 12.9. The van der Waals surface area contributed by atoms with E-state index in [-0.39, 0.29) is 17.4 Å². The van der Waals surface area contributed by atoms with Crippen molar-refractivity contribution in [2.45, 2.75) is 6.92 Å². The number of rotatable bonds is 9. The van der Waals surface area contributed by atoms with Gasteiger partial charge in [-0.3, -0.25) is 24.1 Å². The first-order valence-electron chi connectivity index (χ1n) is 11.8. The summed E-state index contributed by atoms with van der Waals surface area (Å²) in [5.41, 5.74) is 2.70. The van der Waals surface area contributed by atoms with Gasteiger partial charge in [0.2, 0.25) is 5.91 Å². The molecule has 1 aliphatic rings. The summed E-state index contributed by atoms with van der Waals surface area (Å²) in [7, 11) is 1.46. The Bertz CT molecular complexity index is 1510. The van der Waals surface area contributed by atoms with Crippen molar-refractivity contribution in [3.05, 3.63) is 85.3 Å². The molecule has 2 N–H and O–H groups in total. The van der Waals surface area contributed by atoms with Crippen molar-refractivity contribution in [3.8, 4) is 11.5 Å². The van der Waals surface area contributed by atoms with Gasteiger partial charge in [0.05, 0.1) is 26.3 Å². The summed E-state index contributed by atoms with van der Waals surface area (Å²) in [5.74, 6) is -0.770. The Morgan fingerprint density at radius 3 is 2.48 bits per heavy atom. The Labute approximate surface area is 253 Å². The molecule has 0 bridgehead atoms. The van der Waals surface area contributed by atoms with E-state index in [0.717, 1.165) is 22.2 Å². The summed E-state index contributed by atoms with van der Waals surface area (Å²) in [4.78, 5) is 51.3. The fourth-order valence-corrected chi connectivity index (χ4v) is 5.42. The minimum absolute atomic E-state index is 0.152. The minimum atomic E-state index is -0.591. The summed E-state index contributed by atoms with van der Waals surface area (Å²) in [5, 5.41) is 5.15. The quantitative estimate of drug-likeness (QED) is 0.211. The van der Waals surface area contributed by atoms with Crippen LogP contribution in [0.25, 0.3) is 6.08 Å². The zero-order valence-electron chi connectivity index (χ0n) is 21.3. The van der Waals surface area contributed by atoms with Gasteiger partial charge in [-0.15, -0.1) is 0 Å². The van der Waals surface area contributed by atoms with Crippen molar-refractivity contribution < 1.29 is 28.7 Å². The second-order valence-corrected chi connectivity index (χ2v) is 11.1. The number of ether oxygens (including phenoxy) is 2. The average Bonchev–Trinajstić information content (AvgIpc) is 3.17. The lowest BCUT2D eigenvalue weighted by atomic mass is 10.2. The van der Waals surface area contributed by atoms with Crippen LogP contribution in [0.1, 0.15) is 11.1 Å². The van der Waals surface area contributed by atoms with E-state index in [1.807, 2.05) is 41.6 Å². The molecule has 1 fully saturated rings. The Kier molecular flexibility index (Phi) is 9.71. The molecule has 1 aliphatic heterocycles. The summed E-state index contributed by atoms with van der Waals surface area (Å²) < 4.78 is 11.8. The largest absolute Gasteiger partial charge is 0.493 e. The van der Waals surface area contributed by atoms with Crippen LogP contribution in [0, 0.1) is 10.5 Å². The topological polar surface area (TPSA) is 114 Å². The third-order valence-corrected chi connectivity index (χ3v) is 7.59. The summed E-state index contributed by atoms with van der Waals surface area (Å²) in [6.45, 7) is 1.26. The normalized spacial score (nSPS) is 13.9. The Hall–Kier alpha value is -3.55. The molecule has 4 amide bonds. The van der Waals surface area contributed by atoms with Crippen LogP contribution < -0.4 is 20.1 Å². The Morgan fingerprint density at radius 1 is 1.05 bits per heavy atom. The predicted molar refractivity (Wildman–Crippen MR) is 164 cm³/mol. The van der Waals surface area contributed by atoms with Gasteiger partial charge in [-0.1, -0.05) is 41.4 Å². The van der Waals surface area contributed by atoms with Crippen LogP contribution in [0.4, 0.5) is 16.2 Å². The van der Waals surface area contributed by atoms with Crippen molar-refractivity contribution in [2.24, 2.45) is 0 Å². The zero-order valence-corrected chi connectivity index (χ0v) is 25.1. The fraction of sp³-hybridized carbons (Fsp3) is 0.143. The molecule has 0 aromatic heterocycles. The van der Waals surface area contributed by atoms with E-state index in [1.165, 1.54) is 13.2 Å². The minimum Gasteiger partial charge on any atom is -0.493 e. The number of nitrogens with zero attached hydrogens (tertiary/aromatic N) is 1. The molecule has 0 aliphatic carbocycles. The number of nitrogens with one attached hydrogen (secondary N) is 2. The SMILES string of the molecule is COc1cc(/C=C2/SC(=O)N(CC(=O)Nc3ccccc3Cl)C2=O)cc(I)c1OCC(=O)Nc1ccc(C)cc1. The molecule has 4 rings (SSSR count). The van der Waals surface area contributed by atoms with E-state index in [9.17, 15) is 19.2 Å². The van der Waals surface area contributed by atoms with E-state index < -0.39 is 23.6 Å². The van der Waals surface area contributed by atoms with Gasteiger partial charge < -0.3 is 20.1 Å². The van der Waals surface area contributed by atoms with E-state index >= 15 is 0 Å². The fourth-order valence-electron chi connectivity index (χ4n) is 3.62. The molecule has 12 heteroatoms. The van der Waals surface area contributed by atoms with Gasteiger partial charge in [0.1, 0.15) is 6.54 Å². The van der Waals surface area contributed by atoms with Gasteiger partial charge in [-0.2, -0.15) is 0 Å². The molecule has 0 radical (unpaired) electrons. The van der Waals surface area contributed by atoms with Crippen molar-refractivity contribution in [1.82, 2.24) is 4.90 Å². The number of imide groups is 1. The monoisotopic (exact) mass is 691 g/mol. The molecule has 0 spiro atoms. The second-order valence-electron chi connectivity index (χ2n) is 8.53. The number of carbonyl (C=O) groups excluding carboxylic acids is 4. The molecule has 1 saturated heterocycles. The third-order valence-electron chi connectivity index (χ3n) is 5.56. The number of carbonyl (C=O) groups is 4. The zero-order chi connectivity index (χ0) is 28.8. The summed E-state index contributed by atoms with van der Waals surface area (Å²) >= 11 is 8.83. The number of halogens is 2. The van der Waals surface area contributed by atoms with Crippen LogP contribution in [-0.4, -0.2) is 48.1 Å². The summed E-state index contributed by atoms with van der Waals surface area (Å²) in [6, 6.07) is 17.4. The van der Waals surface area contributed by atoms with Gasteiger partial charge in [-0.25, -0.2) is 0 Å². The molecule has 1 heterocycles. The molecule has 3 aromatic carbocycles. The average molecular weight is 692 g/mol. The molecule has 0 saturated carbocycles. The van der Waals surface area contributed by atoms with Crippen LogP contribution in [0.15, 0.2) is 65.6 Å². The van der Waals surface area contributed by atoms with Crippen LogP contribution in [0.2, 0.25) is 5.02 Å². The van der Waals surface area contributed by atoms with E-state index in [1.54, 1.807) is 48.5 Å². The molecule has 9 nitrogen and oxygen atoms in total. The Balaban J connectivity index is 1.42. The van der Waals surface area contributed by atoms with Crippen LogP contribution in [0.5, 0.6) is 11.5 Å². The molecular formula is C28H23ClIN3O6S. The lowest BCUT2D eigenvalue weighted by molar-refractivity contribution is -0.127. The van der Waals surface area contributed by atoms with Gasteiger partial charge in [0.25, 0.3) is 17.1 Å². The lowest BCUT2D eigenvalue weighted by Crippen LogP contribution is -2.36. The van der Waals surface area contributed by atoms with Crippen LogP contribution >= 0.6 is 46.0 Å². The number of hydrogen-bond acceptors (Lipinski definition) is 7. The summed E-state index contributed by atoms with van der Waals surface area (Å²) in [6.07, 6.45) is 1.54. The number of amides is 4. The number of anilines is 2. The highest BCUT2D eigenvalue weighted by atomic mass is 127. The number of aryl methyl sites for hydroxylation is 1. The lowest BCUT2D eigenvalue weighted by Gasteiger charge is -2.14. The molecule has 206 valence electrons. The first-order chi connectivity index (χ1) is 19.1. The van der Waals surface area contributed by atoms with E-state index in [0.29, 0.717) is 37.0 Å². The molecular weight excluding hydrogens is 669 g/mol. The predicted octanol–water partition coefficient (Wildman–Crippen LogP) is 5.95. The van der Waals surface area contributed by atoms with Gasteiger partial charge in [-0.05, 0) is 89.3 Å². The number of para-hydroxylation sites is 1. The molecule has 0 atom stereocenters. The van der Waals surface area contributed by atoms with Crippen molar-refractivity contribution in [1.29, 1.82) is 0 Å². The number of methoxy groups -OCH3 is 1. The second kappa shape index (κ2) is 13.2. The molecule has 40 heavy (non-hydrogen) atoms. The third kappa shape index (κ3) is 7.34. The first-order valence-corrected chi connectivity index (χ1v) is 14.1. The number of benzene rings is 3. The first kappa shape index (κ1) is 29.4. The van der Waals surface area contributed by atoms with Crippen LogP contribution in [-0.2, 0) is 14.4 Å². The standard InChI is InChI=1S/C28H23ClIN3O6S/c1-16-7-9-18(10-8-16)31-25(35)15-39-26-20(30)11-17(12-22(26)38-2)13-23-27(36)33(28(37)40-23)14-24(34)32-21-6-4-3-5-19(21)29/h3-13H,14-15H2,1-2H3,(H,31,35)(H,32,34)/b23-13+. The molecule has 3 aromatic rings. The van der Waals surface area contributed by atoms with E-state index in [2.05, 4.69) is 10.6 Å². The van der Waals surface area contributed by atoms with Gasteiger partial charge in [0, 0.05) is 5.69 Å². The molecule has 0 unspecified atom stereocenters. The number of thioether (sulfide) groups is 1. The van der Waals surface area contributed by atoms with Crippen molar-refractivity contribution >= 4 is 86.4 Å². The smallest absolute Gasteiger partial charge is 0.294 e. The number of hydrogen-bond donors (Lipinski definition) is 2. The maximum absolute atomic E-state index is 12.9. The van der Waals surface area contributed by atoms with E-state index in [4.69, 9.17) is 21.1 Å². The van der Waals surface area contributed by atoms with Crippen molar-refractivity contribution in [3.63, 3.8) is 0 Å². The maximum Gasteiger partial charge on any atom is 0.294 e. The highest BCUT2D eigenvalue weighted by Crippen LogP contribution is 2.37. The van der Waals surface area contributed by atoms with Crippen LogP contribution in [0.3, 0.4) is 0 Å². The van der Waals surface area contributed by atoms with Gasteiger partial charge >= 0.3 is 0 Å². The highest BCUT2D eigenvalue weighted by molar-refractivity contribution is 14.1. The van der Waals surface area contributed by atoms with Crippen molar-refractivity contribution in [2.75, 3.05) is 30.9 Å². The Morgan fingerprint density at radius 2 is 1.77 bits per heavy atom. The van der Waals surface area contributed by atoms with Gasteiger partial charge in [0.15, 0.2) is 18.1 Å².